The lowest BCUT2D eigenvalue weighted by molar-refractivity contribution is -0.0968. The van der Waals surface area contributed by atoms with Crippen LogP contribution in [0.25, 0.3) is 0 Å². The zero-order valence-electron chi connectivity index (χ0n) is 8.55. The highest BCUT2D eigenvalue weighted by atomic mass is 35.5. The molecule has 2 rings (SSSR count). The third-order valence-corrected chi connectivity index (χ3v) is 4.14. The predicted octanol–water partition coefficient (Wildman–Crippen LogP) is 3.21. The van der Waals surface area contributed by atoms with Crippen molar-refractivity contribution >= 4 is 11.6 Å². The fraction of sp³-hybridized carbons (Fsp3) is 1.00. The summed E-state index contributed by atoms with van der Waals surface area (Å²) in [4.78, 5) is 0. The van der Waals surface area contributed by atoms with Gasteiger partial charge >= 0.3 is 0 Å². The minimum atomic E-state index is 0.143. The maximum absolute atomic E-state index is 6.22. The Hall–Kier alpha value is 0.250. The number of alkyl halides is 1. The zero-order chi connectivity index (χ0) is 9.47. The molecule has 1 saturated carbocycles. The van der Waals surface area contributed by atoms with Crippen LogP contribution in [0.2, 0.25) is 0 Å². The molecular formula is C11H19ClO. The van der Waals surface area contributed by atoms with E-state index in [9.17, 15) is 0 Å². The maximum Gasteiger partial charge on any atom is 0.0724 e. The van der Waals surface area contributed by atoms with Gasteiger partial charge in [0.1, 0.15) is 0 Å². The van der Waals surface area contributed by atoms with Crippen molar-refractivity contribution in [1.82, 2.24) is 0 Å². The molecule has 2 fully saturated rings. The van der Waals surface area contributed by atoms with E-state index in [1.165, 1.54) is 6.42 Å². The van der Waals surface area contributed by atoms with E-state index in [4.69, 9.17) is 16.3 Å². The first-order valence-corrected chi connectivity index (χ1v) is 5.89. The summed E-state index contributed by atoms with van der Waals surface area (Å²) in [5.74, 6) is 1.65. The molecule has 76 valence electrons. The first kappa shape index (κ1) is 9.79. The van der Waals surface area contributed by atoms with Crippen molar-refractivity contribution < 1.29 is 4.74 Å². The lowest BCUT2D eigenvalue weighted by atomic mass is 9.85. The van der Waals surface area contributed by atoms with Gasteiger partial charge in [-0.05, 0) is 37.5 Å². The van der Waals surface area contributed by atoms with E-state index in [0.717, 1.165) is 37.7 Å². The fourth-order valence-electron chi connectivity index (χ4n) is 2.75. The summed E-state index contributed by atoms with van der Waals surface area (Å²) in [5, 5.41) is 0.349. The van der Waals surface area contributed by atoms with E-state index in [2.05, 4.69) is 13.8 Å². The molecule has 1 aliphatic carbocycles. The molecule has 0 aromatic carbocycles. The molecule has 2 heteroatoms. The Morgan fingerprint density at radius 3 is 2.69 bits per heavy atom. The van der Waals surface area contributed by atoms with E-state index in [1.54, 1.807) is 0 Å². The molecule has 4 unspecified atom stereocenters. The lowest BCUT2D eigenvalue weighted by Gasteiger charge is -2.39. The van der Waals surface area contributed by atoms with Crippen LogP contribution in [-0.4, -0.2) is 17.6 Å². The van der Waals surface area contributed by atoms with Crippen LogP contribution in [0.15, 0.2) is 0 Å². The summed E-state index contributed by atoms with van der Waals surface area (Å²) in [6.45, 7) is 5.43. The monoisotopic (exact) mass is 202 g/mol. The summed E-state index contributed by atoms with van der Waals surface area (Å²) in [5.41, 5.74) is 0.143. The molecule has 0 aromatic rings. The van der Waals surface area contributed by atoms with E-state index in [0.29, 0.717) is 5.38 Å². The summed E-state index contributed by atoms with van der Waals surface area (Å²) >= 11 is 6.22. The van der Waals surface area contributed by atoms with Crippen LogP contribution in [0.1, 0.15) is 39.5 Å². The molecule has 0 N–H and O–H groups in total. The van der Waals surface area contributed by atoms with Gasteiger partial charge in [0.05, 0.1) is 5.60 Å². The number of hydrogen-bond donors (Lipinski definition) is 0. The van der Waals surface area contributed by atoms with E-state index in [1.807, 2.05) is 0 Å². The van der Waals surface area contributed by atoms with Gasteiger partial charge in [-0.15, -0.1) is 11.6 Å². The average Bonchev–Trinajstić information content (AvgIpc) is 2.83. The summed E-state index contributed by atoms with van der Waals surface area (Å²) < 4.78 is 6.00. The fourth-order valence-corrected chi connectivity index (χ4v) is 3.10. The second kappa shape index (κ2) is 3.43. The molecule has 1 nitrogen and oxygen atoms in total. The summed E-state index contributed by atoms with van der Waals surface area (Å²) in [7, 11) is 0. The van der Waals surface area contributed by atoms with Crippen LogP contribution in [0.5, 0.6) is 0 Å². The molecule has 2 aliphatic rings. The Balaban J connectivity index is 2.05. The Labute approximate surface area is 85.8 Å². The predicted molar refractivity (Wildman–Crippen MR) is 55.1 cm³/mol. The summed E-state index contributed by atoms with van der Waals surface area (Å²) in [6, 6.07) is 0. The second-order valence-corrected chi connectivity index (χ2v) is 5.29. The Morgan fingerprint density at radius 1 is 1.54 bits per heavy atom. The first-order valence-electron chi connectivity index (χ1n) is 5.46. The normalized spacial score (nSPS) is 50.5. The third-order valence-electron chi connectivity index (χ3n) is 3.77. The average molecular weight is 203 g/mol. The van der Waals surface area contributed by atoms with Gasteiger partial charge in [0.2, 0.25) is 0 Å². The van der Waals surface area contributed by atoms with Crippen molar-refractivity contribution in [3.63, 3.8) is 0 Å². The molecule has 1 saturated heterocycles. The Morgan fingerprint density at radius 2 is 2.23 bits per heavy atom. The van der Waals surface area contributed by atoms with Crippen molar-refractivity contribution in [2.24, 2.45) is 11.8 Å². The SMILES string of the molecule is CCC1(C2CC2C)CC(Cl)CCO1. The van der Waals surface area contributed by atoms with Gasteiger partial charge in [0.25, 0.3) is 0 Å². The topological polar surface area (TPSA) is 9.23 Å². The molecule has 1 heterocycles. The van der Waals surface area contributed by atoms with Crippen molar-refractivity contribution in [2.45, 2.75) is 50.5 Å². The largest absolute Gasteiger partial charge is 0.375 e. The minimum absolute atomic E-state index is 0.143. The van der Waals surface area contributed by atoms with Gasteiger partial charge in [0, 0.05) is 12.0 Å². The zero-order valence-corrected chi connectivity index (χ0v) is 9.31. The number of rotatable bonds is 2. The van der Waals surface area contributed by atoms with Crippen molar-refractivity contribution in [3.8, 4) is 0 Å². The highest BCUT2D eigenvalue weighted by Crippen LogP contribution is 2.53. The molecule has 0 amide bonds. The third kappa shape index (κ3) is 1.73. The van der Waals surface area contributed by atoms with Gasteiger partial charge in [-0.25, -0.2) is 0 Å². The van der Waals surface area contributed by atoms with Crippen LogP contribution in [0.3, 0.4) is 0 Å². The highest BCUT2D eigenvalue weighted by molar-refractivity contribution is 6.20. The molecule has 4 atom stereocenters. The van der Waals surface area contributed by atoms with Gasteiger partial charge in [-0.3, -0.25) is 0 Å². The van der Waals surface area contributed by atoms with Gasteiger partial charge in [-0.2, -0.15) is 0 Å². The minimum Gasteiger partial charge on any atom is -0.375 e. The second-order valence-electron chi connectivity index (χ2n) is 4.68. The standard InChI is InChI=1S/C11H19ClO/c1-3-11(10-6-8(10)2)7-9(12)4-5-13-11/h8-10H,3-7H2,1-2H3. The van der Waals surface area contributed by atoms with Crippen LogP contribution < -0.4 is 0 Å². The highest BCUT2D eigenvalue weighted by Gasteiger charge is 2.52. The van der Waals surface area contributed by atoms with Crippen LogP contribution >= 0.6 is 11.6 Å². The van der Waals surface area contributed by atoms with Gasteiger partial charge < -0.3 is 4.74 Å². The molecule has 0 radical (unpaired) electrons. The van der Waals surface area contributed by atoms with Gasteiger partial charge in [0.15, 0.2) is 0 Å². The number of hydrogen-bond acceptors (Lipinski definition) is 1. The van der Waals surface area contributed by atoms with Crippen LogP contribution in [-0.2, 0) is 4.74 Å². The van der Waals surface area contributed by atoms with Crippen LogP contribution in [0, 0.1) is 11.8 Å². The molecule has 0 bridgehead atoms. The quantitative estimate of drug-likeness (QED) is 0.625. The van der Waals surface area contributed by atoms with Crippen LogP contribution in [0.4, 0.5) is 0 Å². The summed E-state index contributed by atoms with van der Waals surface area (Å²) in [6.07, 6.45) is 4.58. The molecule has 13 heavy (non-hydrogen) atoms. The Kier molecular flexibility index (Phi) is 2.59. The van der Waals surface area contributed by atoms with Crippen molar-refractivity contribution in [3.05, 3.63) is 0 Å². The lowest BCUT2D eigenvalue weighted by Crippen LogP contribution is -2.42. The Bertz CT molecular complexity index is 195. The smallest absolute Gasteiger partial charge is 0.0724 e. The van der Waals surface area contributed by atoms with E-state index in [-0.39, 0.29) is 5.60 Å². The first-order chi connectivity index (χ1) is 6.18. The molecule has 0 aromatic heterocycles. The van der Waals surface area contributed by atoms with Crippen molar-refractivity contribution in [1.29, 1.82) is 0 Å². The molecular weight excluding hydrogens is 184 g/mol. The molecule has 0 spiro atoms. The number of halogens is 1. The van der Waals surface area contributed by atoms with Crippen molar-refractivity contribution in [2.75, 3.05) is 6.61 Å². The van der Waals surface area contributed by atoms with Gasteiger partial charge in [-0.1, -0.05) is 13.8 Å². The molecule has 1 aliphatic heterocycles. The van der Waals surface area contributed by atoms with E-state index >= 15 is 0 Å². The van der Waals surface area contributed by atoms with E-state index < -0.39 is 0 Å². The maximum atomic E-state index is 6.22. The number of ether oxygens (including phenoxy) is 1.